The molecular formula is C20H17N3O2S. The number of amides is 1. The molecule has 1 amide bonds. The number of rotatable bonds is 4. The summed E-state index contributed by atoms with van der Waals surface area (Å²) in [7, 11) is 1.61. The number of fused-ring (bicyclic) bond motifs is 1. The number of methoxy groups -OCH3 is 1. The van der Waals surface area contributed by atoms with Gasteiger partial charge in [-0.05, 0) is 31.2 Å². The lowest BCUT2D eigenvalue weighted by Crippen LogP contribution is -2.13. The van der Waals surface area contributed by atoms with Gasteiger partial charge >= 0.3 is 0 Å². The van der Waals surface area contributed by atoms with E-state index in [-0.39, 0.29) is 5.91 Å². The second kappa shape index (κ2) is 6.65. The molecule has 4 rings (SSSR count). The molecule has 0 saturated heterocycles. The monoisotopic (exact) mass is 363 g/mol. The molecule has 0 bridgehead atoms. The van der Waals surface area contributed by atoms with E-state index in [4.69, 9.17) is 4.74 Å². The van der Waals surface area contributed by atoms with Crippen molar-refractivity contribution in [2.24, 2.45) is 0 Å². The highest BCUT2D eigenvalue weighted by Gasteiger charge is 2.21. The van der Waals surface area contributed by atoms with Crippen molar-refractivity contribution in [1.82, 2.24) is 9.38 Å². The van der Waals surface area contributed by atoms with Crippen LogP contribution in [0.1, 0.15) is 16.1 Å². The number of carbonyl (C=O) groups is 1. The molecule has 26 heavy (non-hydrogen) atoms. The third-order valence-electron chi connectivity index (χ3n) is 4.15. The quantitative estimate of drug-likeness (QED) is 0.575. The van der Waals surface area contributed by atoms with Crippen LogP contribution >= 0.6 is 11.3 Å². The third kappa shape index (κ3) is 2.95. The van der Waals surface area contributed by atoms with Gasteiger partial charge in [0.05, 0.1) is 12.8 Å². The number of aryl methyl sites for hydroxylation is 1. The molecule has 2 heterocycles. The summed E-state index contributed by atoms with van der Waals surface area (Å²) >= 11 is 1.50. The van der Waals surface area contributed by atoms with Gasteiger partial charge in [-0.2, -0.15) is 0 Å². The summed E-state index contributed by atoms with van der Waals surface area (Å²) in [5.74, 6) is 0.507. The summed E-state index contributed by atoms with van der Waals surface area (Å²) in [6.07, 6.45) is 1.94. The highest BCUT2D eigenvalue weighted by atomic mass is 32.1. The Bertz CT molecular complexity index is 1060. The molecule has 0 unspecified atom stereocenters. The average molecular weight is 363 g/mol. The second-order valence-electron chi connectivity index (χ2n) is 5.91. The minimum absolute atomic E-state index is 0.235. The third-order valence-corrected chi connectivity index (χ3v) is 4.91. The number of imidazole rings is 1. The van der Waals surface area contributed by atoms with Crippen LogP contribution in [0.2, 0.25) is 0 Å². The summed E-state index contributed by atoms with van der Waals surface area (Å²) in [5.41, 5.74) is 4.04. The van der Waals surface area contributed by atoms with Gasteiger partial charge in [-0.3, -0.25) is 9.20 Å². The fraction of sp³-hybridized carbons (Fsp3) is 0.100. The van der Waals surface area contributed by atoms with Crippen molar-refractivity contribution in [2.75, 3.05) is 12.4 Å². The predicted octanol–water partition coefficient (Wildman–Crippen LogP) is 4.63. The zero-order valence-corrected chi connectivity index (χ0v) is 15.2. The molecule has 0 aliphatic heterocycles. The van der Waals surface area contributed by atoms with E-state index in [1.165, 1.54) is 16.9 Å². The van der Waals surface area contributed by atoms with Gasteiger partial charge in [0.1, 0.15) is 5.75 Å². The van der Waals surface area contributed by atoms with Crippen molar-refractivity contribution in [2.45, 2.75) is 6.92 Å². The van der Waals surface area contributed by atoms with E-state index in [9.17, 15) is 4.79 Å². The summed E-state index contributed by atoms with van der Waals surface area (Å²) in [6, 6.07) is 15.3. The molecule has 6 heteroatoms. The SMILES string of the molecule is COc1ccc(NC(=O)c2nc3sccn3c2-c2ccc(C)cc2)cc1. The Morgan fingerprint density at radius 2 is 1.85 bits per heavy atom. The normalized spacial score (nSPS) is 10.8. The topological polar surface area (TPSA) is 55.6 Å². The van der Waals surface area contributed by atoms with E-state index in [1.807, 2.05) is 59.3 Å². The molecule has 0 saturated carbocycles. The summed E-state index contributed by atoms with van der Waals surface area (Å²) < 4.78 is 7.10. The number of thiazole rings is 1. The maximum absolute atomic E-state index is 12.9. The molecule has 4 aromatic rings. The van der Waals surface area contributed by atoms with Crippen LogP contribution in [0.25, 0.3) is 16.2 Å². The van der Waals surface area contributed by atoms with Crippen LogP contribution in [-0.4, -0.2) is 22.4 Å². The number of hydrogen-bond donors (Lipinski definition) is 1. The lowest BCUT2D eigenvalue weighted by atomic mass is 10.1. The van der Waals surface area contributed by atoms with Crippen molar-refractivity contribution in [3.8, 4) is 17.0 Å². The van der Waals surface area contributed by atoms with Crippen LogP contribution in [-0.2, 0) is 0 Å². The molecule has 2 aromatic carbocycles. The molecule has 0 spiro atoms. The summed E-state index contributed by atoms with van der Waals surface area (Å²) in [6.45, 7) is 2.04. The number of carbonyl (C=O) groups excluding carboxylic acids is 1. The van der Waals surface area contributed by atoms with Gasteiger partial charge in [0.25, 0.3) is 5.91 Å². The van der Waals surface area contributed by atoms with E-state index in [2.05, 4.69) is 10.3 Å². The Morgan fingerprint density at radius 3 is 2.54 bits per heavy atom. The van der Waals surface area contributed by atoms with Crippen molar-refractivity contribution in [1.29, 1.82) is 0 Å². The van der Waals surface area contributed by atoms with Crippen LogP contribution < -0.4 is 10.1 Å². The Morgan fingerprint density at radius 1 is 1.12 bits per heavy atom. The Hall–Kier alpha value is -3.12. The molecule has 0 fully saturated rings. The van der Waals surface area contributed by atoms with Crippen molar-refractivity contribution in [3.05, 3.63) is 71.4 Å². The molecule has 0 aliphatic carbocycles. The number of hydrogen-bond acceptors (Lipinski definition) is 4. The molecule has 0 aliphatic rings. The van der Waals surface area contributed by atoms with E-state index in [0.29, 0.717) is 11.4 Å². The molecule has 5 nitrogen and oxygen atoms in total. The summed E-state index contributed by atoms with van der Waals surface area (Å²) in [4.78, 5) is 18.2. The first kappa shape index (κ1) is 16.4. The lowest BCUT2D eigenvalue weighted by Gasteiger charge is -2.07. The number of nitrogens with one attached hydrogen (secondary N) is 1. The molecular weight excluding hydrogens is 346 g/mol. The van der Waals surface area contributed by atoms with Gasteiger partial charge in [-0.15, -0.1) is 11.3 Å². The molecule has 0 atom stereocenters. The fourth-order valence-electron chi connectivity index (χ4n) is 2.80. The zero-order chi connectivity index (χ0) is 18.1. The van der Waals surface area contributed by atoms with Crippen molar-refractivity contribution >= 4 is 27.9 Å². The van der Waals surface area contributed by atoms with Crippen molar-refractivity contribution in [3.63, 3.8) is 0 Å². The van der Waals surface area contributed by atoms with E-state index in [1.54, 1.807) is 19.2 Å². The number of aromatic nitrogens is 2. The number of anilines is 1. The molecule has 2 aromatic heterocycles. The van der Waals surface area contributed by atoms with Gasteiger partial charge < -0.3 is 10.1 Å². The highest BCUT2D eigenvalue weighted by molar-refractivity contribution is 7.15. The highest BCUT2D eigenvalue weighted by Crippen LogP contribution is 2.28. The fourth-order valence-corrected chi connectivity index (χ4v) is 3.51. The first-order chi connectivity index (χ1) is 12.7. The molecule has 1 N–H and O–H groups in total. The maximum Gasteiger partial charge on any atom is 0.276 e. The van der Waals surface area contributed by atoms with Gasteiger partial charge in [-0.1, -0.05) is 29.8 Å². The zero-order valence-electron chi connectivity index (χ0n) is 14.4. The largest absolute Gasteiger partial charge is 0.497 e. The molecule has 0 radical (unpaired) electrons. The number of nitrogens with zero attached hydrogens (tertiary/aromatic N) is 2. The predicted molar refractivity (Wildman–Crippen MR) is 104 cm³/mol. The second-order valence-corrected chi connectivity index (χ2v) is 6.79. The van der Waals surface area contributed by atoms with Crippen LogP contribution in [0.15, 0.2) is 60.1 Å². The van der Waals surface area contributed by atoms with Crippen molar-refractivity contribution < 1.29 is 9.53 Å². The maximum atomic E-state index is 12.9. The van der Waals surface area contributed by atoms with E-state index >= 15 is 0 Å². The smallest absolute Gasteiger partial charge is 0.276 e. The Kier molecular flexibility index (Phi) is 4.18. The van der Waals surface area contributed by atoms with Gasteiger partial charge in [-0.25, -0.2) is 4.98 Å². The minimum atomic E-state index is -0.235. The first-order valence-corrected chi connectivity index (χ1v) is 9.01. The lowest BCUT2D eigenvalue weighted by molar-refractivity contribution is 0.102. The molecule has 130 valence electrons. The Labute approximate surface area is 154 Å². The van der Waals surface area contributed by atoms with E-state index < -0.39 is 0 Å². The van der Waals surface area contributed by atoms with Crippen LogP contribution in [0, 0.1) is 6.92 Å². The number of benzene rings is 2. The van der Waals surface area contributed by atoms with Crippen LogP contribution in [0.4, 0.5) is 5.69 Å². The summed E-state index contributed by atoms with van der Waals surface area (Å²) in [5, 5.41) is 4.88. The average Bonchev–Trinajstić information content (AvgIpc) is 3.24. The number of ether oxygens (including phenoxy) is 1. The van der Waals surface area contributed by atoms with Gasteiger partial charge in [0.2, 0.25) is 0 Å². The van der Waals surface area contributed by atoms with Gasteiger partial charge in [0, 0.05) is 22.8 Å². The minimum Gasteiger partial charge on any atom is -0.497 e. The first-order valence-electron chi connectivity index (χ1n) is 8.14. The van der Waals surface area contributed by atoms with Crippen LogP contribution in [0.3, 0.4) is 0 Å². The van der Waals surface area contributed by atoms with E-state index in [0.717, 1.165) is 22.0 Å². The van der Waals surface area contributed by atoms with Gasteiger partial charge in [0.15, 0.2) is 10.7 Å². The standard InChI is InChI=1S/C20H17N3O2S/c1-13-3-5-14(6-4-13)18-17(22-20-23(18)11-12-26-20)19(24)21-15-7-9-16(25-2)10-8-15/h3-12H,1-2H3,(H,21,24). The Balaban J connectivity index is 1.73. The van der Waals surface area contributed by atoms with Crippen LogP contribution in [0.5, 0.6) is 5.75 Å².